The Morgan fingerprint density at radius 3 is 2.51 bits per heavy atom. The maximum Gasteiger partial charge on any atom is 0.326 e. The molecule has 1 amide bonds. The van der Waals surface area contributed by atoms with Crippen LogP contribution in [0.15, 0.2) is 45.1 Å². The van der Waals surface area contributed by atoms with Crippen molar-refractivity contribution in [3.63, 3.8) is 0 Å². The van der Waals surface area contributed by atoms with Crippen LogP contribution in [0.5, 0.6) is 0 Å². The van der Waals surface area contributed by atoms with Gasteiger partial charge in [0.1, 0.15) is 23.4 Å². The number of carboxylic acid groups (broad SMARTS) is 1. The van der Waals surface area contributed by atoms with Gasteiger partial charge in [-0.3, -0.25) is 28.6 Å². The summed E-state index contributed by atoms with van der Waals surface area (Å²) in [5.41, 5.74) is 0.572. The number of hydrogen-bond donors (Lipinski definition) is 1. The topological polar surface area (TPSA) is 112 Å². The Morgan fingerprint density at radius 2 is 1.84 bits per heavy atom. The second kappa shape index (κ2) is 10.9. The van der Waals surface area contributed by atoms with Crippen LogP contribution in [0.2, 0.25) is 0 Å². The third-order valence-corrected chi connectivity index (χ3v) is 8.39. The van der Waals surface area contributed by atoms with E-state index in [1.807, 2.05) is 37.3 Å². The number of rotatable bonds is 7. The zero-order chi connectivity index (χ0) is 26.9. The van der Waals surface area contributed by atoms with Crippen molar-refractivity contribution in [3.8, 4) is 0 Å². The minimum Gasteiger partial charge on any atom is -0.480 e. The number of aliphatic carboxylic acids is 1. The highest BCUT2D eigenvalue weighted by Crippen LogP contribution is 2.45. The molecule has 0 aliphatic carbocycles. The molecule has 2 aromatic rings. The van der Waals surface area contributed by atoms with Crippen molar-refractivity contribution in [2.75, 3.05) is 31.6 Å². The van der Waals surface area contributed by atoms with E-state index in [0.717, 1.165) is 43.0 Å². The highest BCUT2D eigenvalue weighted by molar-refractivity contribution is 8.03. The van der Waals surface area contributed by atoms with E-state index in [2.05, 4.69) is 4.90 Å². The summed E-state index contributed by atoms with van der Waals surface area (Å²) >= 11 is 7.93. The number of allylic oxidation sites excluding steroid dienone is 1. The summed E-state index contributed by atoms with van der Waals surface area (Å²) in [6, 6.07) is 7.98. The molecule has 0 saturated carbocycles. The average Bonchev–Trinajstić information content (AvgIpc) is 3.43. The molecular formula is C24H24N4O6S3. The molecule has 0 bridgehead atoms. The molecule has 10 nitrogen and oxygen atoms in total. The predicted octanol–water partition coefficient (Wildman–Crippen LogP) is 0.979. The molecule has 194 valence electrons. The monoisotopic (exact) mass is 560 g/mol. The van der Waals surface area contributed by atoms with Gasteiger partial charge >= 0.3 is 11.9 Å². The molecule has 1 saturated heterocycles. The van der Waals surface area contributed by atoms with Gasteiger partial charge in [-0.25, -0.2) is 0 Å². The second-order valence-corrected chi connectivity index (χ2v) is 10.4. The second-order valence-electron chi connectivity index (χ2n) is 7.93. The highest BCUT2D eigenvalue weighted by Gasteiger charge is 2.39. The van der Waals surface area contributed by atoms with Crippen LogP contribution in [0.25, 0.3) is 11.8 Å². The van der Waals surface area contributed by atoms with Gasteiger partial charge in [-0.15, -0.1) is 11.3 Å². The van der Waals surface area contributed by atoms with E-state index >= 15 is 0 Å². The summed E-state index contributed by atoms with van der Waals surface area (Å²) in [4.78, 5) is 55.8. The fourth-order valence-electron chi connectivity index (χ4n) is 3.98. The van der Waals surface area contributed by atoms with Gasteiger partial charge in [0, 0.05) is 18.5 Å². The average molecular weight is 561 g/mol. The van der Waals surface area contributed by atoms with E-state index in [4.69, 9.17) is 17.0 Å². The minimum absolute atomic E-state index is 0.0304. The molecular weight excluding hydrogens is 536 g/mol. The van der Waals surface area contributed by atoms with Crippen LogP contribution >= 0.6 is 35.3 Å². The molecule has 4 rings (SSSR count). The SMILES string of the molecule is CCOC(=O)CN1C(=O)/C(=c2/s/c(=C\C=C3\Sc4ccccc4N3CC)c(=O)n2CC(=O)O)N(C)C1=S. The number of ether oxygens (including phenoxy) is 1. The van der Waals surface area contributed by atoms with E-state index in [9.17, 15) is 24.3 Å². The third kappa shape index (κ3) is 5.06. The number of anilines is 1. The smallest absolute Gasteiger partial charge is 0.326 e. The van der Waals surface area contributed by atoms with Crippen LogP contribution < -0.4 is 19.7 Å². The number of para-hydroxylation sites is 1. The number of likely N-dealkylation sites (N-methyl/N-ethyl adjacent to an activating group) is 1. The lowest BCUT2D eigenvalue weighted by atomic mass is 10.3. The van der Waals surface area contributed by atoms with Crippen molar-refractivity contribution < 1.29 is 24.2 Å². The zero-order valence-electron chi connectivity index (χ0n) is 20.3. The number of thiocarbonyl (C=S) groups is 1. The van der Waals surface area contributed by atoms with Gasteiger partial charge in [0.05, 0.1) is 21.9 Å². The lowest BCUT2D eigenvalue weighted by Gasteiger charge is -2.17. The van der Waals surface area contributed by atoms with Gasteiger partial charge in [-0.05, 0) is 50.4 Å². The zero-order valence-corrected chi connectivity index (χ0v) is 22.7. The molecule has 2 aliphatic heterocycles. The van der Waals surface area contributed by atoms with E-state index in [1.165, 1.54) is 11.9 Å². The standard InChI is InChI=1S/C24H24N4O6S3/c1-4-26-14-8-6-7-9-15(14)36-17(26)11-10-16-21(32)27(12-18(29)30)23(37-16)20-22(33)28(24(35)25(20)3)13-19(31)34-5-2/h6-11H,4-5,12-13H2,1-3H3,(H,29,30)/b16-10-,17-11+,23-20-. The van der Waals surface area contributed by atoms with E-state index < -0.39 is 29.9 Å². The number of carboxylic acids is 1. The summed E-state index contributed by atoms with van der Waals surface area (Å²) in [6.45, 7) is 3.54. The summed E-state index contributed by atoms with van der Waals surface area (Å²) in [5, 5.41) is 10.4. The molecule has 13 heteroatoms. The van der Waals surface area contributed by atoms with Crippen LogP contribution in [0.3, 0.4) is 0 Å². The largest absolute Gasteiger partial charge is 0.480 e. The molecule has 3 heterocycles. The number of hydrogen-bond acceptors (Lipinski definition) is 9. The number of aromatic nitrogens is 1. The summed E-state index contributed by atoms with van der Waals surface area (Å²) < 4.78 is 6.39. The number of fused-ring (bicyclic) bond motifs is 1. The van der Waals surface area contributed by atoms with Crippen LogP contribution in [0.1, 0.15) is 13.8 Å². The number of carbonyl (C=O) groups is 3. The van der Waals surface area contributed by atoms with Crippen molar-refractivity contribution in [3.05, 3.63) is 54.9 Å². The fourth-order valence-corrected chi connectivity index (χ4v) is 6.47. The lowest BCUT2D eigenvalue weighted by molar-refractivity contribution is -0.145. The molecule has 0 unspecified atom stereocenters. The van der Waals surface area contributed by atoms with Crippen molar-refractivity contribution in [2.24, 2.45) is 0 Å². The molecule has 1 aromatic heterocycles. The maximum atomic E-state index is 13.3. The third-order valence-electron chi connectivity index (χ3n) is 5.63. The summed E-state index contributed by atoms with van der Waals surface area (Å²) in [5.74, 6) is -2.47. The van der Waals surface area contributed by atoms with Crippen molar-refractivity contribution in [2.45, 2.75) is 25.3 Å². The van der Waals surface area contributed by atoms with Crippen molar-refractivity contribution >= 4 is 75.7 Å². The summed E-state index contributed by atoms with van der Waals surface area (Å²) in [6.07, 6.45) is 3.46. The first-order valence-corrected chi connectivity index (χ1v) is 13.4. The Kier molecular flexibility index (Phi) is 7.85. The minimum atomic E-state index is -1.23. The first-order chi connectivity index (χ1) is 17.7. The molecule has 1 fully saturated rings. The summed E-state index contributed by atoms with van der Waals surface area (Å²) in [7, 11) is 1.53. The van der Waals surface area contributed by atoms with Crippen LogP contribution in [0.4, 0.5) is 5.69 Å². The fraction of sp³-hybridized carbons (Fsp3) is 0.292. The van der Waals surface area contributed by atoms with Gasteiger partial charge in [-0.1, -0.05) is 23.9 Å². The number of carbonyl (C=O) groups excluding carboxylic acids is 2. The number of amides is 1. The van der Waals surface area contributed by atoms with Gasteiger partial charge in [0.2, 0.25) is 0 Å². The van der Waals surface area contributed by atoms with Crippen LogP contribution in [-0.2, 0) is 25.7 Å². The molecule has 0 spiro atoms. The van der Waals surface area contributed by atoms with Gasteiger partial charge in [0.25, 0.3) is 11.5 Å². The molecule has 37 heavy (non-hydrogen) atoms. The first kappa shape index (κ1) is 26.6. The Labute approximate surface area is 225 Å². The first-order valence-electron chi connectivity index (χ1n) is 11.3. The number of benzene rings is 1. The molecule has 2 aliphatic rings. The van der Waals surface area contributed by atoms with Crippen molar-refractivity contribution in [1.29, 1.82) is 0 Å². The van der Waals surface area contributed by atoms with Gasteiger partial charge in [0.15, 0.2) is 5.11 Å². The normalized spacial score (nSPS) is 18.3. The Hall–Kier alpha value is -3.42. The van der Waals surface area contributed by atoms with Crippen LogP contribution in [-0.4, -0.2) is 69.2 Å². The predicted molar refractivity (Wildman–Crippen MR) is 145 cm³/mol. The molecule has 1 aromatic carbocycles. The van der Waals surface area contributed by atoms with Crippen LogP contribution in [0, 0.1) is 0 Å². The quantitative estimate of drug-likeness (QED) is 0.389. The highest BCUT2D eigenvalue weighted by atomic mass is 32.2. The lowest BCUT2D eigenvalue weighted by Crippen LogP contribution is -2.37. The maximum absolute atomic E-state index is 13.3. The molecule has 1 N–H and O–H groups in total. The Balaban J connectivity index is 1.83. The number of nitrogens with zero attached hydrogens (tertiary/aromatic N) is 4. The number of esters is 1. The molecule has 0 radical (unpaired) electrons. The van der Waals surface area contributed by atoms with Gasteiger partial charge in [-0.2, -0.15) is 0 Å². The van der Waals surface area contributed by atoms with E-state index in [1.54, 1.807) is 24.8 Å². The van der Waals surface area contributed by atoms with Gasteiger partial charge < -0.3 is 19.6 Å². The Bertz CT molecular complexity index is 1510. The Morgan fingerprint density at radius 1 is 1.11 bits per heavy atom. The van der Waals surface area contributed by atoms with E-state index in [-0.39, 0.29) is 33.2 Å². The van der Waals surface area contributed by atoms with Crippen molar-refractivity contribution in [1.82, 2.24) is 14.4 Å². The molecule has 0 atom stereocenters. The number of thiazole rings is 1. The van der Waals surface area contributed by atoms with E-state index in [0.29, 0.717) is 0 Å². The number of thioether (sulfide) groups is 1.